The van der Waals surface area contributed by atoms with Gasteiger partial charge < -0.3 is 25.0 Å². The molecular formula is C28H36N4O3. The monoisotopic (exact) mass is 476 g/mol. The second-order valence-electron chi connectivity index (χ2n) is 8.26. The molecule has 0 aliphatic rings. The lowest BCUT2D eigenvalue weighted by molar-refractivity contribution is -0.117. The van der Waals surface area contributed by atoms with E-state index in [2.05, 4.69) is 48.9 Å². The molecule has 1 amide bonds. The van der Waals surface area contributed by atoms with Crippen molar-refractivity contribution >= 4 is 24.1 Å². The van der Waals surface area contributed by atoms with Crippen LogP contribution in [0.1, 0.15) is 33.4 Å². The first-order chi connectivity index (χ1) is 16.7. The summed E-state index contributed by atoms with van der Waals surface area (Å²) in [5.41, 5.74) is 4.28. The van der Waals surface area contributed by atoms with Gasteiger partial charge in [-0.1, -0.05) is 24.8 Å². The first-order valence-corrected chi connectivity index (χ1v) is 11.8. The van der Waals surface area contributed by atoms with Crippen molar-refractivity contribution in [1.29, 1.82) is 5.26 Å². The predicted molar refractivity (Wildman–Crippen MR) is 141 cm³/mol. The second-order valence-corrected chi connectivity index (χ2v) is 8.26. The van der Waals surface area contributed by atoms with Crippen LogP contribution in [-0.2, 0) is 11.8 Å². The van der Waals surface area contributed by atoms with Gasteiger partial charge in [-0.3, -0.25) is 4.79 Å². The highest BCUT2D eigenvalue weighted by molar-refractivity contribution is 6.04. The minimum Gasteiger partial charge on any atom is -0.394 e. The fourth-order valence-electron chi connectivity index (χ4n) is 3.99. The Labute approximate surface area is 207 Å². The van der Waals surface area contributed by atoms with E-state index in [9.17, 15) is 15.2 Å². The first kappa shape index (κ1) is 27.6. The molecule has 0 bridgehead atoms. The van der Waals surface area contributed by atoms with Gasteiger partial charge in [0.1, 0.15) is 11.6 Å². The minimum absolute atomic E-state index is 0.0408. The van der Waals surface area contributed by atoms with Crippen molar-refractivity contribution in [3.05, 3.63) is 63.8 Å². The molecule has 186 valence electrons. The molecule has 0 saturated heterocycles. The fourth-order valence-corrected chi connectivity index (χ4v) is 3.99. The van der Waals surface area contributed by atoms with Gasteiger partial charge in [-0.25, -0.2) is 0 Å². The molecule has 1 unspecified atom stereocenters. The average molecular weight is 477 g/mol. The van der Waals surface area contributed by atoms with Gasteiger partial charge in [-0.2, -0.15) is 5.26 Å². The van der Waals surface area contributed by atoms with Crippen LogP contribution in [0.4, 0.5) is 0 Å². The predicted octanol–water partition coefficient (Wildman–Crippen LogP) is 1.89. The molecule has 0 aliphatic carbocycles. The zero-order valence-corrected chi connectivity index (χ0v) is 21.3. The highest BCUT2D eigenvalue weighted by Gasteiger charge is 2.18. The molecule has 0 aliphatic heterocycles. The number of nitrogens with zero attached hydrogens (tertiary/aromatic N) is 3. The SMILES string of the molecule is C=c1cc(-c2ccc(/C(C)=C(\C#N)C(=O)NCC(O)CO)n2C)cc/c1=C/C(=C\C)N(CC)CC. The first-order valence-electron chi connectivity index (χ1n) is 11.8. The van der Waals surface area contributed by atoms with Gasteiger partial charge in [0.25, 0.3) is 5.91 Å². The lowest BCUT2D eigenvalue weighted by Crippen LogP contribution is -2.34. The number of hydrogen-bond acceptors (Lipinski definition) is 5. The smallest absolute Gasteiger partial charge is 0.262 e. The summed E-state index contributed by atoms with van der Waals surface area (Å²) in [6.07, 6.45) is 3.18. The van der Waals surface area contributed by atoms with Crippen LogP contribution >= 0.6 is 0 Å². The van der Waals surface area contributed by atoms with Crippen molar-refractivity contribution in [2.75, 3.05) is 26.2 Å². The summed E-state index contributed by atoms with van der Waals surface area (Å²) in [6.45, 7) is 13.5. The van der Waals surface area contributed by atoms with Crippen LogP contribution in [0.2, 0.25) is 0 Å². The normalized spacial score (nSPS) is 13.8. The maximum absolute atomic E-state index is 12.5. The van der Waals surface area contributed by atoms with Crippen molar-refractivity contribution < 1.29 is 15.0 Å². The Hall–Kier alpha value is -3.60. The van der Waals surface area contributed by atoms with Gasteiger partial charge in [0.05, 0.1) is 12.7 Å². The third-order valence-corrected chi connectivity index (χ3v) is 6.10. The van der Waals surface area contributed by atoms with Crippen LogP contribution in [0.15, 0.2) is 47.7 Å². The van der Waals surface area contributed by atoms with Crippen molar-refractivity contribution in [3.8, 4) is 17.3 Å². The summed E-state index contributed by atoms with van der Waals surface area (Å²) in [7, 11) is 1.89. The lowest BCUT2D eigenvalue weighted by Gasteiger charge is -2.22. The summed E-state index contributed by atoms with van der Waals surface area (Å²) in [5.74, 6) is -0.590. The Bertz CT molecular complexity index is 1260. The van der Waals surface area contributed by atoms with E-state index in [0.29, 0.717) is 5.57 Å². The van der Waals surface area contributed by atoms with E-state index < -0.39 is 18.6 Å². The third-order valence-electron chi connectivity index (χ3n) is 6.10. The molecule has 1 aromatic carbocycles. The van der Waals surface area contributed by atoms with Gasteiger partial charge in [0.2, 0.25) is 0 Å². The topological polar surface area (TPSA) is 102 Å². The third kappa shape index (κ3) is 6.50. The molecular weight excluding hydrogens is 440 g/mol. The molecule has 0 spiro atoms. The maximum Gasteiger partial charge on any atom is 0.262 e. The summed E-state index contributed by atoms with van der Waals surface area (Å²) < 4.78 is 1.94. The van der Waals surface area contributed by atoms with E-state index in [4.69, 9.17) is 5.11 Å². The number of hydrogen-bond donors (Lipinski definition) is 3. The van der Waals surface area contributed by atoms with Crippen molar-refractivity contribution in [1.82, 2.24) is 14.8 Å². The summed E-state index contributed by atoms with van der Waals surface area (Å²) in [6, 6.07) is 11.9. The maximum atomic E-state index is 12.5. The number of allylic oxidation sites excluding steroid dienone is 3. The standard InChI is InChI=1S/C28H36N4O3/c1-7-23(32(8-2)9-3)15-21-10-11-22(14-19(21)4)27-13-12-26(31(27)6)20(5)25(16-29)28(35)30-17-24(34)18-33/h7,10-15,24,33-34H,4,8-9,17-18H2,1-3,5-6H3,(H,30,35)/b21-15-,23-7+,25-20+. The number of benzene rings is 1. The van der Waals surface area contributed by atoms with Crippen molar-refractivity contribution in [3.63, 3.8) is 0 Å². The van der Waals surface area contributed by atoms with Gasteiger partial charge >= 0.3 is 0 Å². The Morgan fingerprint density at radius 2 is 1.97 bits per heavy atom. The van der Waals surface area contributed by atoms with E-state index >= 15 is 0 Å². The van der Waals surface area contributed by atoms with Crippen LogP contribution in [0.3, 0.4) is 0 Å². The molecule has 7 heteroatoms. The quantitative estimate of drug-likeness (QED) is 0.359. The number of amides is 1. The van der Waals surface area contributed by atoms with Crippen molar-refractivity contribution in [2.45, 2.75) is 33.8 Å². The molecule has 2 aromatic rings. The molecule has 0 fully saturated rings. The molecule has 1 heterocycles. The zero-order valence-electron chi connectivity index (χ0n) is 21.3. The van der Waals surface area contributed by atoms with E-state index in [1.807, 2.05) is 48.9 Å². The number of nitriles is 1. The molecule has 1 aromatic heterocycles. The molecule has 2 rings (SSSR count). The highest BCUT2D eigenvalue weighted by atomic mass is 16.3. The van der Waals surface area contributed by atoms with E-state index in [-0.39, 0.29) is 12.1 Å². The molecule has 1 atom stereocenters. The number of aliphatic hydroxyl groups is 2. The van der Waals surface area contributed by atoms with Crippen molar-refractivity contribution in [2.24, 2.45) is 7.05 Å². The van der Waals surface area contributed by atoms with Gasteiger partial charge in [-0.15, -0.1) is 0 Å². The number of carbonyl (C=O) groups excluding carboxylic acids is 1. The Morgan fingerprint density at radius 1 is 1.29 bits per heavy atom. The van der Waals surface area contributed by atoms with Crippen LogP contribution in [0.5, 0.6) is 0 Å². The molecule has 0 radical (unpaired) electrons. The number of nitrogens with one attached hydrogen (secondary N) is 1. The largest absolute Gasteiger partial charge is 0.394 e. The Kier molecular flexibility index (Phi) is 10.1. The molecule has 0 saturated carbocycles. The number of aromatic nitrogens is 1. The molecule has 7 nitrogen and oxygen atoms in total. The second kappa shape index (κ2) is 12.7. The summed E-state index contributed by atoms with van der Waals surface area (Å²) in [5, 5.41) is 32.4. The average Bonchev–Trinajstić information content (AvgIpc) is 3.24. The van der Waals surface area contributed by atoms with Crippen LogP contribution in [-0.4, -0.2) is 57.9 Å². The Morgan fingerprint density at radius 3 is 2.51 bits per heavy atom. The van der Waals surface area contributed by atoms with E-state index in [1.54, 1.807) is 6.92 Å². The molecule has 35 heavy (non-hydrogen) atoms. The van der Waals surface area contributed by atoms with Crippen LogP contribution in [0, 0.1) is 11.3 Å². The lowest BCUT2D eigenvalue weighted by atomic mass is 10.1. The van der Waals surface area contributed by atoms with E-state index in [1.165, 1.54) is 0 Å². The zero-order chi connectivity index (χ0) is 26.1. The van der Waals surface area contributed by atoms with Gasteiger partial charge in [0, 0.05) is 43.8 Å². The van der Waals surface area contributed by atoms with Crippen LogP contribution < -0.4 is 15.8 Å². The van der Waals surface area contributed by atoms with Gasteiger partial charge in [-0.05, 0) is 73.5 Å². The highest BCUT2D eigenvalue weighted by Crippen LogP contribution is 2.26. The summed E-state index contributed by atoms with van der Waals surface area (Å²) >= 11 is 0. The Balaban J connectivity index is 2.43. The summed E-state index contributed by atoms with van der Waals surface area (Å²) in [4.78, 5) is 14.8. The minimum atomic E-state index is -1.08. The van der Waals surface area contributed by atoms with E-state index in [0.717, 1.165) is 46.2 Å². The molecule has 3 N–H and O–H groups in total. The number of aliphatic hydroxyl groups excluding tert-OH is 2. The van der Waals surface area contributed by atoms with Crippen LogP contribution in [0.25, 0.3) is 29.5 Å². The number of carbonyl (C=O) groups is 1. The number of rotatable bonds is 10. The fraction of sp³-hybridized carbons (Fsp3) is 0.357. The van der Waals surface area contributed by atoms with Gasteiger partial charge in [0.15, 0.2) is 0 Å².